The lowest BCUT2D eigenvalue weighted by atomic mass is 10.0. The lowest BCUT2D eigenvalue weighted by Gasteiger charge is -2.34. The maximum Gasteiger partial charge on any atom is 0.308 e. The molecule has 25 heavy (non-hydrogen) atoms. The lowest BCUT2D eigenvalue weighted by molar-refractivity contribution is -0.147. The molecule has 1 aliphatic heterocycles. The Hall–Kier alpha value is -2.37. The van der Waals surface area contributed by atoms with Crippen LogP contribution in [0.5, 0.6) is 0 Å². The maximum absolute atomic E-state index is 12.8. The summed E-state index contributed by atoms with van der Waals surface area (Å²) in [7, 11) is 0. The smallest absolute Gasteiger partial charge is 0.308 e. The molecular formula is C19H26N2O4. The third-order valence-corrected chi connectivity index (χ3v) is 4.24. The zero-order chi connectivity index (χ0) is 18.4. The van der Waals surface area contributed by atoms with Crippen molar-refractivity contribution in [1.29, 1.82) is 0 Å². The van der Waals surface area contributed by atoms with E-state index < -0.39 is 12.0 Å². The van der Waals surface area contributed by atoms with Gasteiger partial charge in [0.2, 0.25) is 5.91 Å². The first-order valence-electron chi connectivity index (χ1n) is 8.78. The zero-order valence-corrected chi connectivity index (χ0v) is 15.1. The van der Waals surface area contributed by atoms with E-state index in [1.54, 1.807) is 12.1 Å². The molecule has 0 aromatic heterocycles. The normalized spacial score (nSPS) is 17.4. The summed E-state index contributed by atoms with van der Waals surface area (Å²) in [6, 6.07) is 6.57. The van der Waals surface area contributed by atoms with Gasteiger partial charge in [0.1, 0.15) is 6.04 Å². The first kappa shape index (κ1) is 19.0. The summed E-state index contributed by atoms with van der Waals surface area (Å²) >= 11 is 0. The molecule has 6 heteroatoms. The molecule has 1 N–H and O–H groups in total. The standard InChI is InChI=1S/C19H26N2O4/c1-4-11-25-17(22)12-16-18(23)20-9-10-21(16)19(24)15-7-5-14(6-8-15)13(2)3/h5-8,13,16H,4,9-12H2,1-3H3,(H,20,23). The Morgan fingerprint density at radius 2 is 1.96 bits per heavy atom. The molecule has 2 rings (SSSR count). The highest BCUT2D eigenvalue weighted by molar-refractivity contribution is 5.99. The molecular weight excluding hydrogens is 320 g/mol. The fourth-order valence-electron chi connectivity index (χ4n) is 2.77. The van der Waals surface area contributed by atoms with Crippen molar-refractivity contribution in [1.82, 2.24) is 10.2 Å². The number of nitrogens with zero attached hydrogens (tertiary/aromatic N) is 1. The summed E-state index contributed by atoms with van der Waals surface area (Å²) in [5, 5.41) is 2.71. The van der Waals surface area contributed by atoms with Crippen LogP contribution in [0.25, 0.3) is 0 Å². The van der Waals surface area contributed by atoms with E-state index in [1.807, 2.05) is 19.1 Å². The Kier molecular flexibility index (Phi) is 6.56. The van der Waals surface area contributed by atoms with Gasteiger partial charge in [-0.2, -0.15) is 0 Å². The van der Waals surface area contributed by atoms with Crippen LogP contribution in [0.1, 0.15) is 55.5 Å². The first-order chi connectivity index (χ1) is 11.9. The van der Waals surface area contributed by atoms with Crippen LogP contribution in [-0.2, 0) is 14.3 Å². The molecule has 136 valence electrons. The molecule has 1 heterocycles. The molecule has 1 atom stereocenters. The van der Waals surface area contributed by atoms with E-state index in [1.165, 1.54) is 4.90 Å². The maximum atomic E-state index is 12.8. The van der Waals surface area contributed by atoms with Gasteiger partial charge < -0.3 is 15.0 Å². The lowest BCUT2D eigenvalue weighted by Crippen LogP contribution is -2.57. The zero-order valence-electron chi connectivity index (χ0n) is 15.1. The highest BCUT2D eigenvalue weighted by Gasteiger charge is 2.35. The fraction of sp³-hybridized carbons (Fsp3) is 0.526. The van der Waals surface area contributed by atoms with Crippen LogP contribution < -0.4 is 5.32 Å². The number of hydrogen-bond acceptors (Lipinski definition) is 4. The van der Waals surface area contributed by atoms with Gasteiger partial charge in [-0.05, 0) is 30.0 Å². The molecule has 1 aliphatic rings. The minimum atomic E-state index is -0.824. The molecule has 2 amide bonds. The van der Waals surface area contributed by atoms with Gasteiger partial charge in [-0.25, -0.2) is 0 Å². The molecule has 0 spiro atoms. The minimum absolute atomic E-state index is 0.123. The number of rotatable bonds is 6. The largest absolute Gasteiger partial charge is 0.466 e. The van der Waals surface area contributed by atoms with Gasteiger partial charge in [0.05, 0.1) is 13.0 Å². The number of hydrogen-bond donors (Lipinski definition) is 1. The average molecular weight is 346 g/mol. The number of carbonyl (C=O) groups is 3. The van der Waals surface area contributed by atoms with Crippen LogP contribution in [0.2, 0.25) is 0 Å². The molecule has 1 unspecified atom stereocenters. The number of piperazine rings is 1. The van der Waals surface area contributed by atoms with Gasteiger partial charge >= 0.3 is 5.97 Å². The summed E-state index contributed by atoms with van der Waals surface area (Å²) < 4.78 is 5.06. The number of ether oxygens (including phenoxy) is 1. The predicted molar refractivity (Wildman–Crippen MR) is 94.2 cm³/mol. The van der Waals surface area contributed by atoms with Gasteiger partial charge in [0.25, 0.3) is 5.91 Å². The van der Waals surface area contributed by atoms with Crippen molar-refractivity contribution in [3.63, 3.8) is 0 Å². The fourth-order valence-corrected chi connectivity index (χ4v) is 2.77. The van der Waals surface area contributed by atoms with E-state index in [4.69, 9.17) is 4.74 Å². The van der Waals surface area contributed by atoms with E-state index in [0.29, 0.717) is 37.6 Å². The Balaban J connectivity index is 2.13. The molecule has 0 aliphatic carbocycles. The summed E-state index contributed by atoms with van der Waals surface area (Å²) in [5.74, 6) is -0.631. The third-order valence-electron chi connectivity index (χ3n) is 4.24. The van der Waals surface area contributed by atoms with Crippen molar-refractivity contribution in [3.8, 4) is 0 Å². The van der Waals surface area contributed by atoms with Crippen LogP contribution in [0.3, 0.4) is 0 Å². The average Bonchev–Trinajstić information content (AvgIpc) is 2.61. The van der Waals surface area contributed by atoms with Crippen molar-refractivity contribution < 1.29 is 19.1 Å². The highest BCUT2D eigenvalue weighted by Crippen LogP contribution is 2.18. The number of nitrogens with one attached hydrogen (secondary N) is 1. The van der Waals surface area contributed by atoms with Crippen molar-refractivity contribution in [2.45, 2.75) is 45.6 Å². The second-order valence-corrected chi connectivity index (χ2v) is 6.51. The summed E-state index contributed by atoms with van der Waals surface area (Å²) in [5.41, 5.74) is 1.67. The highest BCUT2D eigenvalue weighted by atomic mass is 16.5. The van der Waals surface area contributed by atoms with E-state index in [0.717, 1.165) is 5.56 Å². The van der Waals surface area contributed by atoms with Crippen LogP contribution in [-0.4, -0.2) is 48.4 Å². The van der Waals surface area contributed by atoms with E-state index in [2.05, 4.69) is 19.2 Å². The Morgan fingerprint density at radius 1 is 1.28 bits per heavy atom. The van der Waals surface area contributed by atoms with Gasteiger partial charge in [-0.1, -0.05) is 32.9 Å². The number of esters is 1. The molecule has 0 bridgehead atoms. The predicted octanol–water partition coefficient (Wildman–Crippen LogP) is 2.09. The number of benzene rings is 1. The van der Waals surface area contributed by atoms with Gasteiger partial charge in [0.15, 0.2) is 0 Å². The number of amides is 2. The van der Waals surface area contributed by atoms with Crippen LogP contribution in [0.4, 0.5) is 0 Å². The molecule has 6 nitrogen and oxygen atoms in total. The van der Waals surface area contributed by atoms with Gasteiger partial charge in [0, 0.05) is 18.7 Å². The first-order valence-corrected chi connectivity index (χ1v) is 8.78. The minimum Gasteiger partial charge on any atom is -0.466 e. The van der Waals surface area contributed by atoms with Crippen LogP contribution in [0, 0.1) is 0 Å². The molecule has 1 aromatic carbocycles. The molecule has 1 aromatic rings. The monoisotopic (exact) mass is 346 g/mol. The van der Waals surface area contributed by atoms with Crippen molar-refractivity contribution >= 4 is 17.8 Å². The van der Waals surface area contributed by atoms with Crippen molar-refractivity contribution in [3.05, 3.63) is 35.4 Å². The molecule has 1 fully saturated rings. The Labute approximate surface area is 148 Å². The SMILES string of the molecule is CCCOC(=O)CC1C(=O)NCCN1C(=O)c1ccc(C(C)C)cc1. The van der Waals surface area contributed by atoms with Crippen LogP contribution >= 0.6 is 0 Å². The Morgan fingerprint density at radius 3 is 2.56 bits per heavy atom. The van der Waals surface area contributed by atoms with Gasteiger partial charge in [-0.15, -0.1) is 0 Å². The van der Waals surface area contributed by atoms with E-state index in [-0.39, 0.29) is 18.2 Å². The summed E-state index contributed by atoms with van der Waals surface area (Å²) in [6.45, 7) is 7.15. The third kappa shape index (κ3) is 4.81. The number of carbonyl (C=O) groups excluding carboxylic acids is 3. The second kappa shape index (κ2) is 8.65. The molecule has 0 saturated carbocycles. The topological polar surface area (TPSA) is 75.7 Å². The second-order valence-electron chi connectivity index (χ2n) is 6.51. The van der Waals surface area contributed by atoms with Crippen LogP contribution in [0.15, 0.2) is 24.3 Å². The molecule has 1 saturated heterocycles. The van der Waals surface area contributed by atoms with Crippen molar-refractivity contribution in [2.75, 3.05) is 19.7 Å². The molecule has 0 radical (unpaired) electrons. The van der Waals surface area contributed by atoms with Crippen molar-refractivity contribution in [2.24, 2.45) is 0 Å². The summed E-state index contributed by atoms with van der Waals surface area (Å²) in [6.07, 6.45) is 0.592. The summed E-state index contributed by atoms with van der Waals surface area (Å²) in [4.78, 5) is 38.4. The van der Waals surface area contributed by atoms with E-state index in [9.17, 15) is 14.4 Å². The van der Waals surface area contributed by atoms with Gasteiger partial charge in [-0.3, -0.25) is 14.4 Å². The Bertz CT molecular complexity index is 625. The van der Waals surface area contributed by atoms with E-state index >= 15 is 0 Å². The quantitative estimate of drug-likeness (QED) is 0.800.